The van der Waals surface area contributed by atoms with Gasteiger partial charge in [0.1, 0.15) is 12.7 Å². The van der Waals surface area contributed by atoms with Gasteiger partial charge in [0.15, 0.2) is 24.5 Å². The number of ether oxygens (including phenoxy) is 5. The molecule has 1 rings (SSSR count). The Labute approximate surface area is 185 Å². The van der Waals surface area contributed by atoms with E-state index in [1.165, 1.54) is 13.8 Å². The molecule has 10 nitrogen and oxygen atoms in total. The lowest BCUT2D eigenvalue weighted by Crippen LogP contribution is -2.66. The number of carbonyl (C=O) groups is 4. The molecular weight excluding hydrogens is 445 g/mol. The molecule has 0 radical (unpaired) electrons. The molecule has 0 spiro atoms. The summed E-state index contributed by atoms with van der Waals surface area (Å²) in [6.45, 7) is 5.04. The highest BCUT2D eigenvalue weighted by molar-refractivity contribution is 6.18. The lowest BCUT2D eigenvalue weighted by atomic mass is 9.96. The minimum absolute atomic E-state index is 0.212. The molecule has 0 aromatic rings. The Bertz CT molecular complexity index is 612. The van der Waals surface area contributed by atoms with Crippen molar-refractivity contribution < 1.29 is 42.9 Å². The molecule has 0 aromatic carbocycles. The van der Waals surface area contributed by atoms with E-state index in [4.69, 9.17) is 46.9 Å². The molecule has 5 atom stereocenters. The predicted molar refractivity (Wildman–Crippen MR) is 105 cm³/mol. The summed E-state index contributed by atoms with van der Waals surface area (Å²) in [7, 11) is 0. The van der Waals surface area contributed by atoms with Crippen molar-refractivity contribution in [3.05, 3.63) is 0 Å². The van der Waals surface area contributed by atoms with Crippen molar-refractivity contribution in [2.45, 2.75) is 58.3 Å². The van der Waals surface area contributed by atoms with Gasteiger partial charge in [-0.25, -0.2) is 0 Å². The highest BCUT2D eigenvalue weighted by atomic mass is 35.5. The van der Waals surface area contributed by atoms with Crippen molar-refractivity contribution in [2.24, 2.45) is 0 Å². The standard InChI is InChI=1S/C18H27Cl2NO9/c1-10(22)26-9-14-15(27-11(2)23)16(28-12(3)24)17(29-13(4)25)18(30-14)21(7-5-19)8-6-20/h14-18H,5-9H2,1-4H3/t14-,15+,16-,17-,18+/m0/s1. The van der Waals surface area contributed by atoms with Crippen LogP contribution in [0.5, 0.6) is 0 Å². The maximum absolute atomic E-state index is 11.8. The molecule has 0 N–H and O–H groups in total. The van der Waals surface area contributed by atoms with Gasteiger partial charge < -0.3 is 23.7 Å². The lowest BCUT2D eigenvalue weighted by Gasteiger charge is -2.47. The summed E-state index contributed by atoms with van der Waals surface area (Å²) in [5.41, 5.74) is 0. The Morgan fingerprint density at radius 1 is 0.767 bits per heavy atom. The Balaban J connectivity index is 3.41. The smallest absolute Gasteiger partial charge is 0.303 e. The first kappa shape index (κ1) is 26.4. The summed E-state index contributed by atoms with van der Waals surface area (Å²) in [4.78, 5) is 48.3. The predicted octanol–water partition coefficient (Wildman–Crippen LogP) is 0.849. The highest BCUT2D eigenvalue weighted by Gasteiger charge is 2.53. The number of rotatable bonds is 10. The Morgan fingerprint density at radius 3 is 1.67 bits per heavy atom. The molecule has 1 aliphatic heterocycles. The first-order chi connectivity index (χ1) is 14.1. The molecule has 30 heavy (non-hydrogen) atoms. The highest BCUT2D eigenvalue weighted by Crippen LogP contribution is 2.31. The topological polar surface area (TPSA) is 118 Å². The van der Waals surface area contributed by atoms with Crippen molar-refractivity contribution in [2.75, 3.05) is 31.5 Å². The van der Waals surface area contributed by atoms with Gasteiger partial charge in [-0.15, -0.1) is 23.2 Å². The van der Waals surface area contributed by atoms with E-state index < -0.39 is 54.5 Å². The van der Waals surface area contributed by atoms with E-state index in [-0.39, 0.29) is 18.4 Å². The number of hydrogen-bond acceptors (Lipinski definition) is 10. The fourth-order valence-corrected chi connectivity index (χ4v) is 3.52. The lowest BCUT2D eigenvalue weighted by molar-refractivity contribution is -0.277. The monoisotopic (exact) mass is 471 g/mol. The van der Waals surface area contributed by atoms with Crippen molar-refractivity contribution >= 4 is 47.1 Å². The molecule has 12 heteroatoms. The molecule has 172 valence electrons. The van der Waals surface area contributed by atoms with Crippen LogP contribution in [0.2, 0.25) is 0 Å². The summed E-state index contributed by atoms with van der Waals surface area (Å²) in [6, 6.07) is 0. The van der Waals surface area contributed by atoms with Gasteiger partial charge in [-0.2, -0.15) is 0 Å². The van der Waals surface area contributed by atoms with Gasteiger partial charge in [0.25, 0.3) is 0 Å². The maximum atomic E-state index is 11.8. The molecule has 0 bridgehead atoms. The van der Waals surface area contributed by atoms with Crippen molar-refractivity contribution in [3.63, 3.8) is 0 Å². The number of hydrogen-bond donors (Lipinski definition) is 0. The number of carbonyl (C=O) groups excluding carboxylic acids is 4. The molecule has 1 saturated heterocycles. The van der Waals surface area contributed by atoms with Gasteiger partial charge in [0, 0.05) is 52.5 Å². The molecule has 1 aliphatic rings. The van der Waals surface area contributed by atoms with Gasteiger partial charge in [0.05, 0.1) is 0 Å². The Morgan fingerprint density at radius 2 is 1.23 bits per heavy atom. The summed E-state index contributed by atoms with van der Waals surface area (Å²) in [6.07, 6.45) is -5.53. The fraction of sp³-hybridized carbons (Fsp3) is 0.778. The summed E-state index contributed by atoms with van der Waals surface area (Å²) >= 11 is 11.8. The molecule has 0 aliphatic carbocycles. The van der Waals surface area contributed by atoms with Gasteiger partial charge in [0.2, 0.25) is 0 Å². The van der Waals surface area contributed by atoms with E-state index in [0.717, 1.165) is 13.8 Å². The van der Waals surface area contributed by atoms with Crippen molar-refractivity contribution in [1.29, 1.82) is 0 Å². The Hall–Kier alpha value is -1.62. The average Bonchev–Trinajstić information content (AvgIpc) is 2.62. The van der Waals surface area contributed by atoms with Crippen LogP contribution < -0.4 is 0 Å². The molecule has 0 aromatic heterocycles. The number of nitrogens with zero attached hydrogens (tertiary/aromatic N) is 1. The van der Waals surface area contributed by atoms with Crippen molar-refractivity contribution in [1.82, 2.24) is 4.90 Å². The van der Waals surface area contributed by atoms with Gasteiger partial charge in [-0.1, -0.05) is 0 Å². The van der Waals surface area contributed by atoms with E-state index in [9.17, 15) is 19.2 Å². The third-order valence-corrected chi connectivity index (χ3v) is 4.41. The third-order valence-electron chi connectivity index (χ3n) is 4.07. The molecule has 0 amide bonds. The van der Waals surface area contributed by atoms with Gasteiger partial charge in [-0.3, -0.25) is 24.1 Å². The number of halogens is 2. The largest absolute Gasteiger partial charge is 0.463 e. The fourth-order valence-electron chi connectivity index (χ4n) is 3.08. The van der Waals surface area contributed by atoms with Crippen LogP contribution in [0.4, 0.5) is 0 Å². The van der Waals surface area contributed by atoms with E-state index in [2.05, 4.69) is 0 Å². The summed E-state index contributed by atoms with van der Waals surface area (Å²) in [5, 5.41) is 0. The average molecular weight is 472 g/mol. The van der Waals surface area contributed by atoms with Crippen LogP contribution in [0.1, 0.15) is 27.7 Å². The second-order valence-electron chi connectivity index (χ2n) is 6.50. The second kappa shape index (κ2) is 12.9. The molecule has 0 unspecified atom stereocenters. The SMILES string of the molecule is CC(=O)OC[C@@H]1O[C@@H](N(CCCl)CCCl)[C@@H](OC(C)=O)[C@@H](OC(C)=O)[C@@H]1OC(C)=O. The first-order valence-electron chi connectivity index (χ1n) is 9.27. The van der Waals surface area contributed by atoms with E-state index in [1.54, 1.807) is 4.90 Å². The summed E-state index contributed by atoms with van der Waals surface area (Å²) in [5.74, 6) is -2.20. The quantitative estimate of drug-likeness (QED) is 0.257. The van der Waals surface area contributed by atoms with E-state index in [0.29, 0.717) is 13.1 Å². The van der Waals surface area contributed by atoms with Crippen LogP contribution in [-0.2, 0) is 42.9 Å². The number of esters is 4. The molecule has 0 saturated carbocycles. The molecule has 1 fully saturated rings. The Kier molecular flexibility index (Phi) is 11.4. The van der Waals surface area contributed by atoms with Crippen LogP contribution in [0.3, 0.4) is 0 Å². The second-order valence-corrected chi connectivity index (χ2v) is 7.26. The molecule has 1 heterocycles. The van der Waals surface area contributed by atoms with Crippen LogP contribution >= 0.6 is 23.2 Å². The third kappa shape index (κ3) is 8.25. The van der Waals surface area contributed by atoms with Crippen LogP contribution in [0.25, 0.3) is 0 Å². The van der Waals surface area contributed by atoms with Crippen molar-refractivity contribution in [3.8, 4) is 0 Å². The zero-order valence-electron chi connectivity index (χ0n) is 17.3. The minimum Gasteiger partial charge on any atom is -0.463 e. The normalized spacial score (nSPS) is 26.0. The maximum Gasteiger partial charge on any atom is 0.303 e. The number of alkyl halides is 2. The zero-order valence-corrected chi connectivity index (χ0v) is 18.8. The zero-order chi connectivity index (χ0) is 22.8. The van der Waals surface area contributed by atoms with Crippen LogP contribution in [0, 0.1) is 0 Å². The van der Waals surface area contributed by atoms with E-state index >= 15 is 0 Å². The van der Waals surface area contributed by atoms with Gasteiger partial charge in [-0.05, 0) is 0 Å². The van der Waals surface area contributed by atoms with Crippen LogP contribution in [-0.4, -0.2) is 90.9 Å². The van der Waals surface area contributed by atoms with Crippen LogP contribution in [0.15, 0.2) is 0 Å². The molecular formula is C18H27Cl2NO9. The first-order valence-corrected chi connectivity index (χ1v) is 10.3. The van der Waals surface area contributed by atoms with Gasteiger partial charge >= 0.3 is 23.9 Å². The summed E-state index contributed by atoms with van der Waals surface area (Å²) < 4.78 is 27.2. The minimum atomic E-state index is -1.22. The van der Waals surface area contributed by atoms with E-state index in [1.807, 2.05) is 0 Å².